The fraction of sp³-hybridized carbons (Fsp3) is 0.0833. The van der Waals surface area contributed by atoms with Crippen molar-refractivity contribution >= 4 is 23.2 Å². The zero-order chi connectivity index (χ0) is 23.3. The number of rotatable bonds is 7. The van der Waals surface area contributed by atoms with Gasteiger partial charge in [-0.15, -0.1) is 0 Å². The summed E-state index contributed by atoms with van der Waals surface area (Å²) in [6.07, 6.45) is 6.91. The Kier molecular flexibility index (Phi) is 5.76. The van der Waals surface area contributed by atoms with Crippen LogP contribution in [0.2, 0.25) is 0 Å². The van der Waals surface area contributed by atoms with Gasteiger partial charge < -0.3 is 10.6 Å². The maximum absolute atomic E-state index is 12.3. The van der Waals surface area contributed by atoms with Crippen molar-refractivity contribution < 1.29 is 4.79 Å². The van der Waals surface area contributed by atoms with Gasteiger partial charge in [0, 0.05) is 18.0 Å². The highest BCUT2D eigenvalue weighted by Crippen LogP contribution is 2.17. The molecule has 0 saturated carbocycles. The van der Waals surface area contributed by atoms with Crippen LogP contribution in [0.1, 0.15) is 11.4 Å². The van der Waals surface area contributed by atoms with Gasteiger partial charge in [0.2, 0.25) is 11.9 Å². The number of carbonyl (C=O) groups excluding carboxylic acids is 1. The molecule has 2 aromatic carbocycles. The second-order valence-electron chi connectivity index (χ2n) is 7.53. The lowest BCUT2D eigenvalue weighted by molar-refractivity contribution is -0.115. The highest BCUT2D eigenvalue weighted by molar-refractivity contribution is 5.92. The minimum Gasteiger partial charge on any atom is -0.324 e. The molecule has 0 atom stereocenters. The Morgan fingerprint density at radius 1 is 0.941 bits per heavy atom. The number of hydrogen-bond donors (Lipinski definition) is 2. The number of nitrogens with one attached hydrogen (secondary N) is 2. The molecule has 1 amide bonds. The molecule has 0 fully saturated rings. The largest absolute Gasteiger partial charge is 0.324 e. The summed E-state index contributed by atoms with van der Waals surface area (Å²) >= 11 is 0. The fourth-order valence-corrected chi connectivity index (χ4v) is 3.33. The molecule has 5 rings (SSSR count). The number of amides is 1. The number of carbonyl (C=O) groups is 1. The summed E-state index contributed by atoms with van der Waals surface area (Å²) in [5, 5.41) is 14.7. The van der Waals surface area contributed by atoms with Gasteiger partial charge in [-0.3, -0.25) is 4.79 Å². The molecule has 34 heavy (non-hydrogen) atoms. The lowest BCUT2D eigenvalue weighted by Gasteiger charge is -2.07. The van der Waals surface area contributed by atoms with Gasteiger partial charge >= 0.3 is 0 Å². The third kappa shape index (κ3) is 4.96. The van der Waals surface area contributed by atoms with E-state index in [9.17, 15) is 4.79 Å². The minimum absolute atomic E-state index is 0.111. The molecule has 2 N–H and O–H groups in total. The van der Waals surface area contributed by atoms with Gasteiger partial charge in [-0.2, -0.15) is 15.2 Å². The molecule has 5 aromatic rings. The van der Waals surface area contributed by atoms with E-state index in [2.05, 4.69) is 35.8 Å². The first-order valence-corrected chi connectivity index (χ1v) is 10.6. The molecular weight excluding hydrogens is 430 g/mol. The molecule has 0 saturated heterocycles. The molecule has 10 nitrogen and oxygen atoms in total. The van der Waals surface area contributed by atoms with E-state index in [1.807, 2.05) is 61.5 Å². The monoisotopic (exact) mass is 451 g/mol. The standard InChI is InChI=1S/C24H21N9O/c1-17-26-16-33(31-17)21-9-7-19(8-10-21)29-24-25-12-11-22(30-24)32-15-20(14-27-32)28-23(34)13-18-5-3-2-4-6-18/h2-12,14-16H,13H2,1H3,(H,28,34)(H,25,29,30). The van der Waals surface area contributed by atoms with Gasteiger partial charge in [0.15, 0.2) is 5.82 Å². The van der Waals surface area contributed by atoms with Gasteiger partial charge in [0.05, 0.1) is 30.2 Å². The van der Waals surface area contributed by atoms with Gasteiger partial charge in [-0.25, -0.2) is 19.3 Å². The molecule has 0 aliphatic heterocycles. The second-order valence-corrected chi connectivity index (χ2v) is 7.53. The van der Waals surface area contributed by atoms with Crippen molar-refractivity contribution in [1.82, 2.24) is 34.5 Å². The molecule has 168 valence electrons. The SMILES string of the molecule is Cc1ncn(-c2ccc(Nc3nccc(-n4cc(NC(=O)Cc5ccccc5)cn4)n3)cc2)n1. The van der Waals surface area contributed by atoms with Gasteiger partial charge in [-0.1, -0.05) is 30.3 Å². The summed E-state index contributed by atoms with van der Waals surface area (Å²) in [5.74, 6) is 1.59. The van der Waals surface area contributed by atoms with E-state index >= 15 is 0 Å². The van der Waals surface area contributed by atoms with Gasteiger partial charge in [0.25, 0.3) is 0 Å². The van der Waals surface area contributed by atoms with Crippen LogP contribution in [0, 0.1) is 6.92 Å². The summed E-state index contributed by atoms with van der Waals surface area (Å²) in [5.41, 5.74) is 3.27. The molecule has 0 aliphatic rings. The maximum atomic E-state index is 12.3. The normalized spacial score (nSPS) is 10.7. The quantitative estimate of drug-likeness (QED) is 0.389. The summed E-state index contributed by atoms with van der Waals surface area (Å²) in [6.45, 7) is 1.85. The summed E-state index contributed by atoms with van der Waals surface area (Å²) in [4.78, 5) is 25.3. The second kappa shape index (κ2) is 9.33. The van der Waals surface area contributed by atoms with Crippen LogP contribution in [0.4, 0.5) is 17.3 Å². The first-order valence-electron chi connectivity index (χ1n) is 10.6. The van der Waals surface area contributed by atoms with Crippen LogP contribution in [0.25, 0.3) is 11.5 Å². The van der Waals surface area contributed by atoms with Crippen LogP contribution >= 0.6 is 0 Å². The molecule has 10 heteroatoms. The average Bonchev–Trinajstić information content (AvgIpc) is 3.49. The van der Waals surface area contributed by atoms with Crippen molar-refractivity contribution in [3.63, 3.8) is 0 Å². The van der Waals surface area contributed by atoms with Crippen molar-refractivity contribution in [2.45, 2.75) is 13.3 Å². The van der Waals surface area contributed by atoms with Crippen molar-refractivity contribution in [3.8, 4) is 11.5 Å². The molecule has 0 unspecified atom stereocenters. The Labute approximate surface area is 195 Å². The van der Waals surface area contributed by atoms with Crippen molar-refractivity contribution in [2.24, 2.45) is 0 Å². The Bertz CT molecular complexity index is 1410. The Balaban J connectivity index is 1.24. The maximum Gasteiger partial charge on any atom is 0.229 e. The third-order valence-electron chi connectivity index (χ3n) is 4.94. The topological polar surface area (TPSA) is 115 Å². The van der Waals surface area contributed by atoms with E-state index in [0.29, 0.717) is 29.7 Å². The molecule has 0 aliphatic carbocycles. The first kappa shape index (κ1) is 21.0. The number of hydrogen-bond acceptors (Lipinski definition) is 7. The van der Waals surface area contributed by atoms with Crippen LogP contribution in [0.5, 0.6) is 0 Å². The summed E-state index contributed by atoms with van der Waals surface area (Å²) in [7, 11) is 0. The summed E-state index contributed by atoms with van der Waals surface area (Å²) in [6, 6.07) is 19.0. The zero-order valence-electron chi connectivity index (χ0n) is 18.3. The average molecular weight is 451 g/mol. The van der Waals surface area contributed by atoms with E-state index in [1.165, 1.54) is 0 Å². The van der Waals surface area contributed by atoms with Crippen molar-refractivity contribution in [2.75, 3.05) is 10.6 Å². The van der Waals surface area contributed by atoms with Crippen LogP contribution in [-0.4, -0.2) is 40.4 Å². The molecule has 0 radical (unpaired) electrons. The number of aromatic nitrogens is 7. The third-order valence-corrected chi connectivity index (χ3v) is 4.94. The van der Waals surface area contributed by atoms with E-state index in [1.54, 1.807) is 40.3 Å². The van der Waals surface area contributed by atoms with Gasteiger partial charge in [-0.05, 0) is 36.8 Å². The van der Waals surface area contributed by atoms with E-state index in [0.717, 1.165) is 16.9 Å². The Morgan fingerprint density at radius 2 is 1.76 bits per heavy atom. The smallest absolute Gasteiger partial charge is 0.229 e. The van der Waals surface area contributed by atoms with E-state index in [4.69, 9.17) is 0 Å². The van der Waals surface area contributed by atoms with Crippen LogP contribution in [0.15, 0.2) is 85.6 Å². The Morgan fingerprint density at radius 3 is 2.53 bits per heavy atom. The van der Waals surface area contributed by atoms with E-state index in [-0.39, 0.29) is 5.91 Å². The number of nitrogens with zero attached hydrogens (tertiary/aromatic N) is 7. The predicted molar refractivity (Wildman–Crippen MR) is 127 cm³/mol. The van der Waals surface area contributed by atoms with Crippen molar-refractivity contribution in [3.05, 3.63) is 97.0 Å². The molecule has 3 aromatic heterocycles. The van der Waals surface area contributed by atoms with E-state index < -0.39 is 0 Å². The highest BCUT2D eigenvalue weighted by atomic mass is 16.1. The molecule has 0 spiro atoms. The molecule has 0 bridgehead atoms. The number of anilines is 3. The fourth-order valence-electron chi connectivity index (χ4n) is 3.33. The highest BCUT2D eigenvalue weighted by Gasteiger charge is 2.09. The number of aryl methyl sites for hydroxylation is 1. The predicted octanol–water partition coefficient (Wildman–Crippen LogP) is 3.48. The molecular formula is C24H21N9O. The Hall–Kier alpha value is -4.86. The summed E-state index contributed by atoms with van der Waals surface area (Å²) < 4.78 is 3.30. The number of benzene rings is 2. The lowest BCUT2D eigenvalue weighted by atomic mass is 10.1. The zero-order valence-corrected chi connectivity index (χ0v) is 18.3. The molecule has 3 heterocycles. The van der Waals surface area contributed by atoms with Crippen LogP contribution in [0.3, 0.4) is 0 Å². The van der Waals surface area contributed by atoms with Crippen LogP contribution < -0.4 is 10.6 Å². The van der Waals surface area contributed by atoms with Crippen molar-refractivity contribution in [1.29, 1.82) is 0 Å². The first-order chi connectivity index (χ1) is 16.6. The van der Waals surface area contributed by atoms with Crippen LogP contribution in [-0.2, 0) is 11.2 Å². The lowest BCUT2D eigenvalue weighted by Crippen LogP contribution is -2.13. The minimum atomic E-state index is -0.111. The van der Waals surface area contributed by atoms with Gasteiger partial charge in [0.1, 0.15) is 12.2 Å².